The van der Waals surface area contributed by atoms with Gasteiger partial charge in [-0.25, -0.2) is 87.8 Å². The molecule has 1 nitrogen and oxygen atoms in total. The Morgan fingerprint density at radius 1 is 0.272 bits per heavy atom. The van der Waals surface area contributed by atoms with Gasteiger partial charge in [0.05, 0.1) is 21.5 Å². The van der Waals surface area contributed by atoms with Gasteiger partial charge in [-0.3, -0.25) is 4.48 Å². The monoisotopic (exact) mass is 1180 g/mol. The second-order valence-electron chi connectivity index (χ2n) is 20.5. The highest BCUT2D eigenvalue weighted by atomic mass is 19.2. The van der Waals surface area contributed by atoms with Crippen LogP contribution in [-0.4, -0.2) is 26.3 Å². The van der Waals surface area contributed by atoms with Gasteiger partial charge in [0.15, 0.2) is 69.8 Å². The molecule has 0 aliphatic rings. The van der Waals surface area contributed by atoms with E-state index in [9.17, 15) is 52.7 Å². The number of nitrogens with zero attached hydrogens (tertiary/aromatic N) is 1. The third kappa shape index (κ3) is 15.7. The van der Waals surface area contributed by atoms with Gasteiger partial charge >= 0.3 is 0 Å². The summed E-state index contributed by atoms with van der Waals surface area (Å²) >= 11 is 0. The molecule has 0 bridgehead atoms. The van der Waals surface area contributed by atoms with Crippen molar-refractivity contribution in [2.75, 3.05) is 20.1 Å². The van der Waals surface area contributed by atoms with Gasteiger partial charge in [-0.1, -0.05) is 160 Å². The lowest BCUT2D eigenvalue weighted by Gasteiger charge is -2.44. The van der Waals surface area contributed by atoms with Gasteiger partial charge in [0, 0.05) is 0 Å². The van der Waals surface area contributed by atoms with Crippen LogP contribution in [0.5, 0.6) is 0 Å². The Hall–Kier alpha value is -5.28. The highest BCUT2D eigenvalue weighted by Crippen LogP contribution is 2.32. The summed E-state index contributed by atoms with van der Waals surface area (Å²) in [5.74, 6) is -71.4. The minimum Gasteiger partial charge on any atom is -0.294 e. The normalized spacial score (nSPS) is 12.7. The zero-order valence-corrected chi connectivity index (χ0v) is 45.1. The molecule has 5 aromatic carbocycles. The number of rotatable bonds is 31. The van der Waals surface area contributed by atoms with Gasteiger partial charge in [-0.2, -0.15) is 0 Å². The number of hydrogen-bond donors (Lipinski definition) is 0. The Balaban J connectivity index is 0.000000360. The van der Waals surface area contributed by atoms with Crippen LogP contribution in [0.4, 0.5) is 93.5 Å². The van der Waals surface area contributed by atoms with Crippen LogP contribution < -0.4 is 26.3 Å². The molecule has 0 saturated heterocycles. The molecule has 0 N–H and O–H groups in total. The van der Waals surface area contributed by atoms with Crippen LogP contribution in [0.15, 0.2) is 30.3 Å². The predicted octanol–water partition coefficient (Wildman–Crippen LogP) is 17.9. The van der Waals surface area contributed by atoms with E-state index in [2.05, 4.69) is 44.2 Å². The Bertz CT molecular complexity index is 2490. The molecule has 0 aromatic heterocycles. The second-order valence-corrected chi connectivity index (χ2v) is 20.5. The maximum atomic E-state index is 15.4. The van der Waals surface area contributed by atoms with E-state index >= 15 is 35.1 Å². The van der Waals surface area contributed by atoms with E-state index in [4.69, 9.17) is 1.37 Å². The van der Waals surface area contributed by atoms with Crippen LogP contribution in [0.1, 0.15) is 169 Å². The van der Waals surface area contributed by atoms with Crippen LogP contribution >= 0.6 is 0 Å². The number of benzene rings is 5. The quantitative estimate of drug-likeness (QED) is 0.0104. The highest BCUT2D eigenvalue weighted by molar-refractivity contribution is 7.20. The van der Waals surface area contributed by atoms with Crippen molar-refractivity contribution in [2.45, 2.75) is 168 Å². The third-order valence-electron chi connectivity index (χ3n) is 14.9. The van der Waals surface area contributed by atoms with Crippen molar-refractivity contribution in [2.24, 2.45) is 0 Å². The van der Waals surface area contributed by atoms with Crippen molar-refractivity contribution in [3.05, 3.63) is 147 Å². The van der Waals surface area contributed by atoms with Crippen LogP contribution in [0.2, 0.25) is 0 Å². The van der Waals surface area contributed by atoms with E-state index in [1.54, 1.807) is 0 Å². The Labute approximate surface area is 461 Å². The predicted molar refractivity (Wildman–Crippen MR) is 275 cm³/mol. The first-order valence-electron chi connectivity index (χ1n) is 28.1. The summed E-state index contributed by atoms with van der Waals surface area (Å²) in [6, 6.07) is 11.0. The molecule has 0 saturated carbocycles. The molecule has 0 amide bonds. The number of para-hydroxylation sites is 1. The van der Waals surface area contributed by atoms with Gasteiger partial charge in [0.25, 0.3) is 0 Å². The van der Waals surface area contributed by atoms with Gasteiger partial charge in [0.2, 0.25) is 0 Å². The fourth-order valence-corrected chi connectivity index (χ4v) is 10.5. The van der Waals surface area contributed by atoms with Crippen molar-refractivity contribution < 1.29 is 89.2 Å². The molecule has 5 rings (SSSR count). The molecule has 5 aromatic rings. The molecule has 0 fully saturated rings. The summed E-state index contributed by atoms with van der Waals surface area (Å²) in [5, 5.41) is 0. The first-order chi connectivity index (χ1) is 39.0. The van der Waals surface area contributed by atoms with Crippen molar-refractivity contribution >= 4 is 33.7 Å². The molecule has 1 atom stereocenters. The van der Waals surface area contributed by atoms with E-state index < -0.39 is 144 Å². The number of hydrogen-bond acceptors (Lipinski definition) is 0. The lowest BCUT2D eigenvalue weighted by molar-refractivity contribution is 0.310. The Kier molecular flexibility index (Phi) is 26.3. The van der Waals surface area contributed by atoms with Gasteiger partial charge in [-0.05, 0) is 37.8 Å². The SMILES string of the molecule is Fc1c(F)c(F)c([B-](c2c(F)c(F)c(F)c(F)c2F)(c2c(F)c(F)c(F)c(F)c2F)c2c(F)c(F)c(F)c(F)c2F)c(F)c1F.[2H]C[N+](CCCCCCCCCC)(CCCCCCCCCCCCCCCCCC)c1ccccc1. The smallest absolute Gasteiger partial charge is 0.200 e. The Morgan fingerprint density at radius 2 is 0.457 bits per heavy atom. The number of unbranched alkanes of at least 4 members (excludes halogenated alkanes) is 22. The molecule has 0 aliphatic heterocycles. The molecular formula is C59H66BF20N. The minimum atomic E-state index is -7.22. The van der Waals surface area contributed by atoms with E-state index in [1.807, 2.05) is 0 Å². The zero-order valence-electron chi connectivity index (χ0n) is 46.1. The molecule has 1 unspecified atom stereocenters. The van der Waals surface area contributed by atoms with E-state index in [0.29, 0.717) is 7.02 Å². The maximum Gasteiger partial charge on any atom is 0.200 e. The maximum absolute atomic E-state index is 15.4. The summed E-state index contributed by atoms with van der Waals surface area (Å²) in [6.07, 6.45) is 26.4. The largest absolute Gasteiger partial charge is 0.294 e. The van der Waals surface area contributed by atoms with Gasteiger partial charge < -0.3 is 0 Å². The van der Waals surface area contributed by atoms with E-state index in [-0.39, 0.29) is 0 Å². The average Bonchev–Trinajstić information content (AvgIpc) is 1.23. The van der Waals surface area contributed by atoms with Crippen LogP contribution in [0.3, 0.4) is 0 Å². The third-order valence-corrected chi connectivity index (χ3v) is 14.9. The summed E-state index contributed by atoms with van der Waals surface area (Å²) in [4.78, 5) is 0. The summed E-state index contributed by atoms with van der Waals surface area (Å²) in [6.45, 7) is 6.87. The first kappa shape index (κ1) is 66.5. The number of halogens is 20. The van der Waals surface area contributed by atoms with Gasteiger partial charge in [-0.15, -0.1) is 21.9 Å². The molecule has 81 heavy (non-hydrogen) atoms. The summed E-state index contributed by atoms with van der Waals surface area (Å²) < 4.78 is 303. The molecule has 22 heteroatoms. The molecule has 450 valence electrons. The first-order valence-corrected chi connectivity index (χ1v) is 27.4. The average molecular weight is 1180 g/mol. The lowest BCUT2D eigenvalue weighted by Crippen LogP contribution is -2.81. The number of quaternary nitrogens is 1. The van der Waals surface area contributed by atoms with Crippen molar-refractivity contribution in [1.82, 2.24) is 4.48 Å². The fraction of sp³-hybridized carbons (Fsp3) is 0.492. The fourth-order valence-electron chi connectivity index (χ4n) is 10.5. The summed E-state index contributed by atoms with van der Waals surface area (Å²) in [7, 11) is 0.485. The topological polar surface area (TPSA) is 0 Å². The minimum absolute atomic E-state index is 0.485. The molecule has 0 aliphatic carbocycles. The zero-order chi connectivity index (χ0) is 61.1. The van der Waals surface area contributed by atoms with Crippen LogP contribution in [-0.2, 0) is 0 Å². The van der Waals surface area contributed by atoms with Gasteiger partial charge in [0.1, 0.15) is 58.4 Å². The standard InChI is InChI=1S/C35H66N.C24BF20/c1-4-6-8-10-12-14-15-16-17-18-19-20-21-23-25-30-34-36(3,35-31-27-26-28-32-35)33-29-24-22-13-11-9-7-5-2;26-5-1(6(27)14(35)21(42)13(5)34)25(2-7(28)15(36)22(43)16(37)8(2)29,3-9(30)17(38)23(44)18(39)10(3)31)4-11(32)19(40)24(45)20(41)12(4)33/h26-28,31-32H,4-25,29-30,33-34H2,1-3H3;/q+1;-1/i3D;. The van der Waals surface area contributed by atoms with E-state index in [0.717, 1.165) is 17.6 Å². The lowest BCUT2D eigenvalue weighted by atomic mass is 9.12. The van der Waals surface area contributed by atoms with Crippen molar-refractivity contribution in [3.8, 4) is 0 Å². The highest BCUT2D eigenvalue weighted by Gasteiger charge is 2.52. The van der Waals surface area contributed by atoms with Crippen molar-refractivity contribution in [1.29, 1.82) is 0 Å². The van der Waals surface area contributed by atoms with E-state index in [1.165, 1.54) is 160 Å². The van der Waals surface area contributed by atoms with Crippen LogP contribution in [0, 0.1) is 116 Å². The van der Waals surface area contributed by atoms with Crippen LogP contribution in [0.25, 0.3) is 0 Å². The molecule has 0 radical (unpaired) electrons. The molecule has 0 spiro atoms. The molecule has 0 heterocycles. The molecular weight excluding hydrogens is 1110 g/mol. The summed E-state index contributed by atoms with van der Waals surface area (Å²) in [5.41, 5.74) is -13.0. The van der Waals surface area contributed by atoms with Crippen molar-refractivity contribution in [3.63, 3.8) is 0 Å². The Morgan fingerprint density at radius 3 is 0.654 bits per heavy atom. The second kappa shape index (κ2) is 32.0.